The molecule has 1 aliphatic heterocycles. The predicted octanol–water partition coefficient (Wildman–Crippen LogP) is 6.08. The van der Waals surface area contributed by atoms with Crippen LogP contribution in [0.4, 0.5) is 18.9 Å². The van der Waals surface area contributed by atoms with E-state index in [4.69, 9.17) is 27.9 Å². The van der Waals surface area contributed by atoms with Crippen molar-refractivity contribution >= 4 is 46.4 Å². The van der Waals surface area contributed by atoms with E-state index < -0.39 is 17.6 Å². The number of benzene rings is 2. The molecule has 1 N–H and O–H groups in total. The van der Waals surface area contributed by atoms with Crippen LogP contribution in [0, 0.1) is 0 Å². The summed E-state index contributed by atoms with van der Waals surface area (Å²) < 4.78 is 43.6. The van der Waals surface area contributed by atoms with Gasteiger partial charge in [-0.1, -0.05) is 35.3 Å². The van der Waals surface area contributed by atoms with Gasteiger partial charge in [0.1, 0.15) is 0 Å². The van der Waals surface area contributed by atoms with E-state index in [9.17, 15) is 18.0 Å². The normalized spacial score (nSPS) is 15.1. The van der Waals surface area contributed by atoms with Gasteiger partial charge in [-0.05, 0) is 48.7 Å². The summed E-state index contributed by atoms with van der Waals surface area (Å²) in [7, 11) is 0. The lowest BCUT2D eigenvalue weighted by Gasteiger charge is -2.12. The SMILES string of the molecule is CCOCCc1cc(Cl)c(Cl)c2c1/C(=C/c1ccc(C(F)(F)F)cc1)C(=O)N2. The van der Waals surface area contributed by atoms with Gasteiger partial charge in [-0.2, -0.15) is 13.2 Å². The molecule has 0 aliphatic carbocycles. The summed E-state index contributed by atoms with van der Waals surface area (Å²) in [4.78, 5) is 12.5. The van der Waals surface area contributed by atoms with E-state index >= 15 is 0 Å². The first kappa shape index (κ1) is 20.7. The predicted molar refractivity (Wildman–Crippen MR) is 105 cm³/mol. The second kappa shape index (κ2) is 8.15. The number of fused-ring (bicyclic) bond motifs is 1. The largest absolute Gasteiger partial charge is 0.416 e. The van der Waals surface area contributed by atoms with Crippen molar-refractivity contribution in [3.63, 3.8) is 0 Å². The fourth-order valence-corrected chi connectivity index (χ4v) is 3.42. The minimum atomic E-state index is -4.42. The number of anilines is 1. The molecule has 0 fully saturated rings. The van der Waals surface area contributed by atoms with Gasteiger partial charge in [-0.25, -0.2) is 0 Å². The van der Waals surface area contributed by atoms with E-state index in [0.717, 1.165) is 17.7 Å². The molecule has 3 rings (SSSR count). The van der Waals surface area contributed by atoms with Crippen molar-refractivity contribution < 1.29 is 22.7 Å². The van der Waals surface area contributed by atoms with Gasteiger partial charge in [0.25, 0.3) is 5.91 Å². The van der Waals surface area contributed by atoms with Crippen LogP contribution in [0.15, 0.2) is 30.3 Å². The Balaban J connectivity index is 2.04. The van der Waals surface area contributed by atoms with Crippen molar-refractivity contribution in [2.24, 2.45) is 0 Å². The molecule has 1 amide bonds. The average Bonchev–Trinajstić information content (AvgIpc) is 2.96. The van der Waals surface area contributed by atoms with Gasteiger partial charge in [0.2, 0.25) is 0 Å². The lowest BCUT2D eigenvalue weighted by molar-refractivity contribution is -0.137. The molecule has 3 nitrogen and oxygen atoms in total. The van der Waals surface area contributed by atoms with E-state index in [-0.39, 0.29) is 5.02 Å². The molecule has 0 bridgehead atoms. The van der Waals surface area contributed by atoms with Crippen molar-refractivity contribution in [1.29, 1.82) is 0 Å². The van der Waals surface area contributed by atoms with Crippen molar-refractivity contribution in [2.45, 2.75) is 19.5 Å². The standard InChI is InChI=1S/C20H16Cl2F3NO2/c1-2-28-8-7-12-10-15(21)17(22)18-16(12)14(19(27)26-18)9-11-3-5-13(6-4-11)20(23,24)25/h3-6,9-10H,2,7-8H2,1H3,(H,26,27)/b14-9-. The summed E-state index contributed by atoms with van der Waals surface area (Å²) in [6.45, 7) is 2.86. The third kappa shape index (κ3) is 4.19. The molecule has 8 heteroatoms. The Labute approximate surface area is 170 Å². The fraction of sp³-hybridized carbons (Fsp3) is 0.250. The Morgan fingerprint density at radius 3 is 2.46 bits per heavy atom. The third-order valence-electron chi connectivity index (χ3n) is 4.32. The highest BCUT2D eigenvalue weighted by molar-refractivity contribution is 6.47. The Kier molecular flexibility index (Phi) is 6.03. The summed E-state index contributed by atoms with van der Waals surface area (Å²) in [6.07, 6.45) is -2.37. The Hall–Kier alpha value is -2.02. The average molecular weight is 430 g/mol. The first-order chi connectivity index (χ1) is 13.2. The number of nitrogens with one attached hydrogen (secondary N) is 1. The number of carbonyl (C=O) groups excluding carboxylic acids is 1. The topological polar surface area (TPSA) is 38.3 Å². The highest BCUT2D eigenvalue weighted by Gasteiger charge is 2.31. The molecule has 2 aromatic carbocycles. The van der Waals surface area contributed by atoms with E-state index in [2.05, 4.69) is 5.32 Å². The van der Waals surface area contributed by atoms with Crippen LogP contribution >= 0.6 is 23.2 Å². The number of hydrogen-bond donors (Lipinski definition) is 1. The maximum absolute atomic E-state index is 12.7. The Bertz CT molecular complexity index is 938. The molecule has 0 unspecified atom stereocenters. The lowest BCUT2D eigenvalue weighted by Crippen LogP contribution is -2.05. The van der Waals surface area contributed by atoms with E-state index in [1.165, 1.54) is 18.2 Å². The molecule has 0 radical (unpaired) electrons. The van der Waals surface area contributed by atoms with Crippen LogP contribution in [0.2, 0.25) is 10.0 Å². The maximum Gasteiger partial charge on any atom is 0.416 e. The molecule has 0 spiro atoms. The smallest absolute Gasteiger partial charge is 0.381 e. The van der Waals surface area contributed by atoms with Crippen LogP contribution < -0.4 is 5.32 Å². The zero-order chi connectivity index (χ0) is 20.5. The maximum atomic E-state index is 12.7. The van der Waals surface area contributed by atoms with Gasteiger partial charge >= 0.3 is 6.18 Å². The van der Waals surface area contributed by atoms with Crippen molar-refractivity contribution in [2.75, 3.05) is 18.5 Å². The summed E-state index contributed by atoms with van der Waals surface area (Å²) >= 11 is 12.4. The Morgan fingerprint density at radius 1 is 1.18 bits per heavy atom. The minimum Gasteiger partial charge on any atom is -0.381 e. The first-order valence-electron chi connectivity index (χ1n) is 8.51. The second-order valence-corrected chi connectivity index (χ2v) is 6.95. The molecule has 28 heavy (non-hydrogen) atoms. The fourth-order valence-electron chi connectivity index (χ4n) is 2.99. The third-order valence-corrected chi connectivity index (χ3v) is 5.11. The first-order valence-corrected chi connectivity index (χ1v) is 9.27. The zero-order valence-electron chi connectivity index (χ0n) is 14.8. The highest BCUT2D eigenvalue weighted by Crippen LogP contribution is 2.44. The molecular formula is C20H16Cl2F3NO2. The number of rotatable bonds is 5. The number of halogens is 5. The Morgan fingerprint density at radius 2 is 1.86 bits per heavy atom. The number of alkyl halides is 3. The molecule has 148 valence electrons. The van der Waals surface area contributed by atoms with Crippen LogP contribution in [-0.2, 0) is 22.1 Å². The number of amides is 1. The zero-order valence-corrected chi connectivity index (χ0v) is 16.3. The van der Waals surface area contributed by atoms with Crippen LogP contribution in [0.5, 0.6) is 0 Å². The number of hydrogen-bond acceptors (Lipinski definition) is 2. The van der Waals surface area contributed by atoms with E-state index in [1.807, 2.05) is 6.92 Å². The molecule has 2 aromatic rings. The van der Waals surface area contributed by atoms with Crippen LogP contribution in [0.3, 0.4) is 0 Å². The summed E-state index contributed by atoms with van der Waals surface area (Å²) in [5.41, 5.74) is 1.81. The van der Waals surface area contributed by atoms with Gasteiger partial charge in [-0.15, -0.1) is 0 Å². The molecule has 0 atom stereocenters. The van der Waals surface area contributed by atoms with Gasteiger partial charge < -0.3 is 10.1 Å². The summed E-state index contributed by atoms with van der Waals surface area (Å²) in [5.74, 6) is -0.392. The quantitative estimate of drug-likeness (QED) is 0.461. The van der Waals surface area contributed by atoms with Crippen molar-refractivity contribution in [3.8, 4) is 0 Å². The van der Waals surface area contributed by atoms with Gasteiger partial charge in [0.05, 0.1) is 27.9 Å². The summed E-state index contributed by atoms with van der Waals surface area (Å²) in [6, 6.07) is 6.27. The number of carbonyl (C=O) groups is 1. The van der Waals surface area contributed by atoms with Crippen LogP contribution in [-0.4, -0.2) is 19.1 Å². The highest BCUT2D eigenvalue weighted by atomic mass is 35.5. The van der Waals surface area contributed by atoms with Gasteiger partial charge in [0, 0.05) is 17.7 Å². The summed E-state index contributed by atoms with van der Waals surface area (Å²) in [5, 5.41) is 3.23. The molecule has 1 heterocycles. The van der Waals surface area contributed by atoms with E-state index in [0.29, 0.717) is 47.0 Å². The molecule has 0 saturated heterocycles. The van der Waals surface area contributed by atoms with Gasteiger partial charge in [0.15, 0.2) is 0 Å². The van der Waals surface area contributed by atoms with Crippen molar-refractivity contribution in [3.05, 3.63) is 62.6 Å². The lowest BCUT2D eigenvalue weighted by atomic mass is 9.96. The van der Waals surface area contributed by atoms with Gasteiger partial charge in [-0.3, -0.25) is 4.79 Å². The van der Waals surface area contributed by atoms with Crippen molar-refractivity contribution in [1.82, 2.24) is 0 Å². The number of ether oxygens (including phenoxy) is 1. The molecule has 0 aromatic heterocycles. The van der Waals surface area contributed by atoms with Crippen LogP contribution in [0.25, 0.3) is 11.6 Å². The molecule has 1 aliphatic rings. The van der Waals surface area contributed by atoms with E-state index in [1.54, 1.807) is 6.07 Å². The monoisotopic (exact) mass is 429 g/mol. The molecular weight excluding hydrogens is 414 g/mol. The second-order valence-electron chi connectivity index (χ2n) is 6.16. The molecule has 0 saturated carbocycles. The van der Waals surface area contributed by atoms with Crippen LogP contribution in [0.1, 0.15) is 29.2 Å². The minimum absolute atomic E-state index is 0.223.